The van der Waals surface area contributed by atoms with Gasteiger partial charge in [0.05, 0.1) is 0 Å². The summed E-state index contributed by atoms with van der Waals surface area (Å²) in [6, 6.07) is 6.40. The van der Waals surface area contributed by atoms with Gasteiger partial charge < -0.3 is 10.4 Å². The second-order valence-electron chi connectivity index (χ2n) is 3.55. The summed E-state index contributed by atoms with van der Waals surface area (Å²) in [6.07, 6.45) is 0.856. The third-order valence-corrected chi connectivity index (χ3v) is 3.12. The topological polar surface area (TPSA) is 49.3 Å². The normalized spacial score (nSPS) is 10.4. The molecule has 0 bridgehead atoms. The van der Waals surface area contributed by atoms with E-state index in [-0.39, 0.29) is 12.2 Å². The number of halogens is 1. The minimum atomic E-state index is -0.757. The van der Waals surface area contributed by atoms with Crippen molar-refractivity contribution in [3.05, 3.63) is 30.1 Å². The van der Waals surface area contributed by atoms with Crippen molar-refractivity contribution in [3.63, 3.8) is 0 Å². The first-order chi connectivity index (χ1) is 8.18. The number of nitrogens with one attached hydrogen (secondary N) is 1. The summed E-state index contributed by atoms with van der Waals surface area (Å²) >= 11 is 1.65. The van der Waals surface area contributed by atoms with Gasteiger partial charge in [0, 0.05) is 23.6 Å². The minimum Gasteiger partial charge on any atom is -0.481 e. The molecule has 5 heteroatoms. The van der Waals surface area contributed by atoms with Crippen LogP contribution in [0, 0.1) is 5.82 Å². The van der Waals surface area contributed by atoms with Crippen molar-refractivity contribution in [2.45, 2.75) is 17.7 Å². The van der Waals surface area contributed by atoms with E-state index in [0.717, 1.165) is 23.7 Å². The summed E-state index contributed by atoms with van der Waals surface area (Å²) in [6.45, 7) is 1.54. The molecule has 0 aromatic heterocycles. The maximum Gasteiger partial charge on any atom is 0.303 e. The van der Waals surface area contributed by atoms with Gasteiger partial charge in [0.15, 0.2) is 0 Å². The quantitative estimate of drug-likeness (QED) is 0.554. The van der Waals surface area contributed by atoms with Gasteiger partial charge in [0.2, 0.25) is 0 Å². The number of benzene rings is 1. The molecule has 17 heavy (non-hydrogen) atoms. The standard InChI is InChI=1S/C12H16FNO2S/c13-10-3-5-11(6-4-10)17-9-8-14-7-1-2-12(15)16/h3-6,14H,1-2,7-9H2,(H,15,16). The maximum absolute atomic E-state index is 12.6. The number of rotatable bonds is 8. The first-order valence-corrected chi connectivity index (χ1v) is 6.48. The van der Waals surface area contributed by atoms with E-state index in [0.29, 0.717) is 6.42 Å². The van der Waals surface area contributed by atoms with E-state index in [1.807, 2.05) is 0 Å². The molecule has 0 amide bonds. The monoisotopic (exact) mass is 257 g/mol. The van der Waals surface area contributed by atoms with Gasteiger partial charge in [-0.2, -0.15) is 0 Å². The van der Waals surface area contributed by atoms with Crippen LogP contribution in [0.2, 0.25) is 0 Å². The summed E-state index contributed by atoms with van der Waals surface area (Å²) in [5.41, 5.74) is 0. The molecule has 94 valence electrons. The highest BCUT2D eigenvalue weighted by Gasteiger charge is 1.97. The SMILES string of the molecule is O=C(O)CCCNCCSc1ccc(F)cc1. The van der Waals surface area contributed by atoms with E-state index in [4.69, 9.17) is 5.11 Å². The predicted molar refractivity (Wildman–Crippen MR) is 66.9 cm³/mol. The van der Waals surface area contributed by atoms with Crippen LogP contribution in [-0.2, 0) is 4.79 Å². The highest BCUT2D eigenvalue weighted by Crippen LogP contribution is 2.17. The third-order valence-electron chi connectivity index (χ3n) is 2.11. The van der Waals surface area contributed by atoms with Crippen LogP contribution in [0.1, 0.15) is 12.8 Å². The molecule has 0 radical (unpaired) electrons. The largest absolute Gasteiger partial charge is 0.481 e. The van der Waals surface area contributed by atoms with Crippen molar-refractivity contribution >= 4 is 17.7 Å². The van der Waals surface area contributed by atoms with E-state index >= 15 is 0 Å². The van der Waals surface area contributed by atoms with E-state index in [9.17, 15) is 9.18 Å². The maximum atomic E-state index is 12.6. The zero-order valence-electron chi connectivity index (χ0n) is 9.49. The lowest BCUT2D eigenvalue weighted by Crippen LogP contribution is -2.19. The Morgan fingerprint density at radius 2 is 2.00 bits per heavy atom. The molecule has 0 aliphatic rings. The lowest BCUT2D eigenvalue weighted by atomic mass is 10.3. The Morgan fingerprint density at radius 3 is 2.65 bits per heavy atom. The summed E-state index contributed by atoms with van der Waals surface area (Å²) in [7, 11) is 0. The Labute approximate surface area is 104 Å². The molecule has 0 fully saturated rings. The van der Waals surface area contributed by atoms with Gasteiger partial charge in [-0.05, 0) is 37.2 Å². The first-order valence-electron chi connectivity index (χ1n) is 5.49. The van der Waals surface area contributed by atoms with E-state index in [1.165, 1.54) is 12.1 Å². The van der Waals surface area contributed by atoms with Crippen LogP contribution in [0.5, 0.6) is 0 Å². The lowest BCUT2D eigenvalue weighted by Gasteiger charge is -2.03. The van der Waals surface area contributed by atoms with Crippen molar-refractivity contribution in [3.8, 4) is 0 Å². The third kappa shape index (κ3) is 6.97. The van der Waals surface area contributed by atoms with Crippen LogP contribution in [0.3, 0.4) is 0 Å². The van der Waals surface area contributed by atoms with Gasteiger partial charge in [-0.1, -0.05) is 0 Å². The van der Waals surface area contributed by atoms with Gasteiger partial charge in [-0.3, -0.25) is 4.79 Å². The summed E-state index contributed by atoms with van der Waals surface area (Å²) in [5.74, 6) is -0.0905. The Kier molecular flexibility index (Phi) is 6.65. The van der Waals surface area contributed by atoms with Crippen LogP contribution in [-0.4, -0.2) is 29.9 Å². The second-order valence-corrected chi connectivity index (χ2v) is 4.72. The van der Waals surface area contributed by atoms with Gasteiger partial charge in [0.1, 0.15) is 5.82 Å². The predicted octanol–water partition coefficient (Wildman–Crippen LogP) is 2.37. The molecular formula is C12H16FNO2S. The molecule has 0 saturated carbocycles. The molecule has 1 aromatic rings. The zero-order valence-corrected chi connectivity index (χ0v) is 10.3. The zero-order chi connectivity index (χ0) is 12.5. The van der Waals surface area contributed by atoms with Gasteiger partial charge >= 0.3 is 5.97 Å². The Morgan fingerprint density at radius 1 is 1.29 bits per heavy atom. The van der Waals surface area contributed by atoms with Gasteiger partial charge in [-0.25, -0.2) is 4.39 Å². The molecule has 0 atom stereocenters. The van der Waals surface area contributed by atoms with Crippen LogP contribution in [0.15, 0.2) is 29.2 Å². The Bertz CT molecular complexity index is 343. The first kappa shape index (κ1) is 14.0. The van der Waals surface area contributed by atoms with Crippen LogP contribution < -0.4 is 5.32 Å². The fourth-order valence-electron chi connectivity index (χ4n) is 1.26. The molecule has 0 heterocycles. The van der Waals surface area contributed by atoms with Crippen molar-refractivity contribution in [1.29, 1.82) is 0 Å². The molecular weight excluding hydrogens is 241 g/mol. The second kappa shape index (κ2) is 8.08. The number of aliphatic carboxylic acids is 1. The summed E-state index contributed by atoms with van der Waals surface area (Å²) in [5, 5.41) is 11.6. The number of carboxylic acid groups (broad SMARTS) is 1. The number of hydrogen-bond donors (Lipinski definition) is 2. The lowest BCUT2D eigenvalue weighted by molar-refractivity contribution is -0.137. The van der Waals surface area contributed by atoms with Gasteiger partial charge in [-0.15, -0.1) is 11.8 Å². The minimum absolute atomic E-state index is 0.206. The van der Waals surface area contributed by atoms with E-state index < -0.39 is 5.97 Å². The van der Waals surface area contributed by atoms with Gasteiger partial charge in [0.25, 0.3) is 0 Å². The molecule has 0 saturated heterocycles. The van der Waals surface area contributed by atoms with Crippen molar-refractivity contribution < 1.29 is 14.3 Å². The summed E-state index contributed by atoms with van der Waals surface area (Å²) < 4.78 is 12.6. The molecule has 0 unspecified atom stereocenters. The van der Waals surface area contributed by atoms with Crippen LogP contribution in [0.4, 0.5) is 4.39 Å². The fourth-order valence-corrected chi connectivity index (χ4v) is 2.07. The molecule has 0 aliphatic carbocycles. The number of carbonyl (C=O) groups is 1. The number of carboxylic acids is 1. The Hall–Kier alpha value is -1.07. The molecule has 0 aliphatic heterocycles. The number of thioether (sulfide) groups is 1. The van der Waals surface area contributed by atoms with E-state index in [1.54, 1.807) is 23.9 Å². The van der Waals surface area contributed by atoms with Crippen LogP contribution >= 0.6 is 11.8 Å². The highest BCUT2D eigenvalue weighted by atomic mass is 32.2. The Balaban J connectivity index is 2.01. The smallest absolute Gasteiger partial charge is 0.303 e. The van der Waals surface area contributed by atoms with Crippen molar-refractivity contribution in [1.82, 2.24) is 5.32 Å². The molecule has 1 rings (SSSR count). The average Bonchev–Trinajstić information content (AvgIpc) is 2.30. The molecule has 1 aromatic carbocycles. The fraction of sp³-hybridized carbons (Fsp3) is 0.417. The number of hydrogen-bond acceptors (Lipinski definition) is 3. The highest BCUT2D eigenvalue weighted by molar-refractivity contribution is 7.99. The summed E-state index contributed by atoms with van der Waals surface area (Å²) in [4.78, 5) is 11.3. The molecule has 2 N–H and O–H groups in total. The molecule has 3 nitrogen and oxygen atoms in total. The van der Waals surface area contributed by atoms with E-state index in [2.05, 4.69) is 5.32 Å². The van der Waals surface area contributed by atoms with Crippen LogP contribution in [0.25, 0.3) is 0 Å². The van der Waals surface area contributed by atoms with Crippen molar-refractivity contribution in [2.75, 3.05) is 18.8 Å². The van der Waals surface area contributed by atoms with Crippen molar-refractivity contribution in [2.24, 2.45) is 0 Å². The molecule has 0 spiro atoms. The average molecular weight is 257 g/mol.